The van der Waals surface area contributed by atoms with E-state index < -0.39 is 10.0 Å². The van der Waals surface area contributed by atoms with E-state index in [-0.39, 0.29) is 23.3 Å². The number of sulfonamides is 1. The second-order valence-electron chi connectivity index (χ2n) is 7.41. The zero-order chi connectivity index (χ0) is 21.3. The number of nitrogens with zero attached hydrogens (tertiary/aromatic N) is 3. The molecule has 0 aliphatic carbocycles. The van der Waals surface area contributed by atoms with Crippen LogP contribution >= 0.6 is 12.2 Å². The molecule has 0 unspecified atom stereocenters. The third-order valence-corrected chi connectivity index (χ3v) is 7.84. The van der Waals surface area contributed by atoms with Gasteiger partial charge < -0.3 is 9.88 Å². The zero-order valence-electron chi connectivity index (χ0n) is 16.5. The molecule has 0 atom stereocenters. The van der Waals surface area contributed by atoms with Gasteiger partial charge in [0.15, 0.2) is 10.6 Å². The number of amides is 1. The molecule has 0 radical (unpaired) electrons. The minimum atomic E-state index is -3.59. The molecule has 1 fully saturated rings. The Morgan fingerprint density at radius 3 is 2.57 bits per heavy atom. The molecule has 3 aromatic rings. The smallest absolute Gasteiger partial charge is 0.243 e. The first-order valence-corrected chi connectivity index (χ1v) is 11.6. The maximum Gasteiger partial charge on any atom is 0.243 e. The Labute approximate surface area is 180 Å². The van der Waals surface area contributed by atoms with Crippen molar-refractivity contribution in [3.8, 4) is 0 Å². The van der Waals surface area contributed by atoms with Crippen LogP contribution in [0.4, 0.5) is 0 Å². The van der Waals surface area contributed by atoms with Crippen molar-refractivity contribution in [3.05, 3.63) is 53.1 Å². The molecule has 0 bridgehead atoms. The summed E-state index contributed by atoms with van der Waals surface area (Å²) in [6, 6.07) is 12.9. The van der Waals surface area contributed by atoms with Crippen LogP contribution in [0.2, 0.25) is 0 Å². The van der Waals surface area contributed by atoms with Crippen LogP contribution in [0.5, 0.6) is 0 Å². The Balaban J connectivity index is 1.38. The van der Waals surface area contributed by atoms with Crippen molar-refractivity contribution in [1.82, 2.24) is 24.4 Å². The molecule has 8 nitrogen and oxygen atoms in total. The standard InChI is InChI=1S/C20H23N5O3S2/c1-24-18(22-23-20(24)29)13-21-19(26)15-8-10-25(11-9-15)30(27,28)17-7-6-14-4-2-3-5-16(14)12-17/h2-7,12,15H,8-11,13H2,1H3,(H,21,26)(H,23,29). The van der Waals surface area contributed by atoms with E-state index in [2.05, 4.69) is 15.5 Å². The average Bonchev–Trinajstić information content (AvgIpc) is 3.09. The molecule has 30 heavy (non-hydrogen) atoms. The number of nitrogens with one attached hydrogen (secondary N) is 2. The molecule has 1 aliphatic heterocycles. The Hall–Kier alpha value is -2.56. The average molecular weight is 446 g/mol. The van der Waals surface area contributed by atoms with Gasteiger partial charge in [0.25, 0.3) is 0 Å². The summed E-state index contributed by atoms with van der Waals surface area (Å²) in [5.74, 6) is 0.330. The van der Waals surface area contributed by atoms with Crippen LogP contribution in [0.1, 0.15) is 18.7 Å². The van der Waals surface area contributed by atoms with Gasteiger partial charge >= 0.3 is 0 Å². The number of rotatable bonds is 5. The largest absolute Gasteiger partial charge is 0.349 e. The van der Waals surface area contributed by atoms with Crippen molar-refractivity contribution < 1.29 is 13.2 Å². The summed E-state index contributed by atoms with van der Waals surface area (Å²) < 4.78 is 29.8. The quantitative estimate of drug-likeness (QED) is 0.587. The van der Waals surface area contributed by atoms with Crippen LogP contribution in [0, 0.1) is 10.7 Å². The van der Waals surface area contributed by atoms with Crippen LogP contribution in [-0.2, 0) is 28.4 Å². The van der Waals surface area contributed by atoms with Crippen LogP contribution < -0.4 is 5.32 Å². The number of H-pyrrole nitrogens is 1. The lowest BCUT2D eigenvalue weighted by atomic mass is 9.97. The Bertz CT molecular complexity index is 1240. The van der Waals surface area contributed by atoms with E-state index in [1.807, 2.05) is 30.3 Å². The summed E-state index contributed by atoms with van der Waals surface area (Å²) in [6.45, 7) is 0.914. The molecule has 0 spiro atoms. The van der Waals surface area contributed by atoms with E-state index in [0.29, 0.717) is 36.5 Å². The molecule has 1 aliphatic rings. The number of piperidine rings is 1. The summed E-state index contributed by atoms with van der Waals surface area (Å²) in [5.41, 5.74) is 0. The van der Waals surface area contributed by atoms with E-state index in [0.717, 1.165) is 10.8 Å². The van der Waals surface area contributed by atoms with Gasteiger partial charge in [-0.1, -0.05) is 30.3 Å². The highest BCUT2D eigenvalue weighted by Crippen LogP contribution is 2.26. The number of fused-ring (bicyclic) bond motifs is 1. The van der Waals surface area contributed by atoms with E-state index in [1.165, 1.54) is 4.31 Å². The highest BCUT2D eigenvalue weighted by molar-refractivity contribution is 7.89. The third-order valence-electron chi connectivity index (χ3n) is 5.58. The number of aromatic nitrogens is 3. The van der Waals surface area contributed by atoms with Gasteiger partial charge in [-0.05, 0) is 48.0 Å². The molecular weight excluding hydrogens is 422 g/mol. The molecule has 4 rings (SSSR count). The minimum Gasteiger partial charge on any atom is -0.349 e. The van der Waals surface area contributed by atoms with Gasteiger partial charge in [-0.3, -0.25) is 9.89 Å². The number of carbonyl (C=O) groups is 1. The first kappa shape index (κ1) is 20.7. The predicted octanol–water partition coefficient (Wildman–Crippen LogP) is 2.35. The molecule has 0 saturated carbocycles. The predicted molar refractivity (Wildman–Crippen MR) is 116 cm³/mol. The third kappa shape index (κ3) is 4.03. The fourth-order valence-electron chi connectivity index (χ4n) is 3.68. The Kier molecular flexibility index (Phi) is 5.72. The van der Waals surface area contributed by atoms with Crippen molar-refractivity contribution in [1.29, 1.82) is 0 Å². The van der Waals surface area contributed by atoms with Crippen LogP contribution in [-0.4, -0.2) is 46.5 Å². The lowest BCUT2D eigenvalue weighted by Crippen LogP contribution is -2.43. The summed E-state index contributed by atoms with van der Waals surface area (Å²) in [6.07, 6.45) is 0.968. The number of benzene rings is 2. The van der Waals surface area contributed by atoms with Crippen molar-refractivity contribution in [2.75, 3.05) is 13.1 Å². The Morgan fingerprint density at radius 2 is 1.90 bits per heavy atom. The summed E-state index contributed by atoms with van der Waals surface area (Å²) in [5, 5.41) is 11.5. The second-order valence-corrected chi connectivity index (χ2v) is 9.73. The summed E-state index contributed by atoms with van der Waals surface area (Å²) >= 11 is 5.06. The monoisotopic (exact) mass is 445 g/mol. The van der Waals surface area contributed by atoms with Crippen LogP contribution in [0.25, 0.3) is 10.8 Å². The number of hydrogen-bond acceptors (Lipinski definition) is 5. The fourth-order valence-corrected chi connectivity index (χ4v) is 5.34. The molecule has 2 N–H and O–H groups in total. The van der Waals surface area contributed by atoms with Crippen LogP contribution in [0.3, 0.4) is 0 Å². The van der Waals surface area contributed by atoms with Gasteiger partial charge in [0.2, 0.25) is 15.9 Å². The van der Waals surface area contributed by atoms with Crippen molar-refractivity contribution >= 4 is 38.9 Å². The normalized spacial score (nSPS) is 16.0. The van der Waals surface area contributed by atoms with Gasteiger partial charge in [0.1, 0.15) is 0 Å². The van der Waals surface area contributed by atoms with E-state index in [4.69, 9.17) is 12.2 Å². The molecule has 2 heterocycles. The second kappa shape index (κ2) is 8.29. The lowest BCUT2D eigenvalue weighted by molar-refractivity contribution is -0.126. The van der Waals surface area contributed by atoms with Gasteiger partial charge in [0.05, 0.1) is 11.4 Å². The van der Waals surface area contributed by atoms with Gasteiger partial charge in [0, 0.05) is 26.1 Å². The van der Waals surface area contributed by atoms with Crippen molar-refractivity contribution in [3.63, 3.8) is 0 Å². The molecular formula is C20H23N5O3S2. The van der Waals surface area contributed by atoms with Gasteiger partial charge in [-0.15, -0.1) is 0 Å². The van der Waals surface area contributed by atoms with Crippen LogP contribution in [0.15, 0.2) is 47.4 Å². The molecule has 1 amide bonds. The molecule has 1 aromatic heterocycles. The lowest BCUT2D eigenvalue weighted by Gasteiger charge is -2.30. The highest BCUT2D eigenvalue weighted by Gasteiger charge is 2.32. The maximum atomic E-state index is 13.1. The highest BCUT2D eigenvalue weighted by atomic mass is 32.2. The maximum absolute atomic E-state index is 13.1. The van der Waals surface area contributed by atoms with E-state index >= 15 is 0 Å². The molecule has 10 heteroatoms. The number of aromatic amines is 1. The molecule has 1 saturated heterocycles. The fraction of sp³-hybridized carbons (Fsp3) is 0.350. The molecule has 158 valence electrons. The minimum absolute atomic E-state index is 0.0910. The summed E-state index contributed by atoms with van der Waals surface area (Å²) in [7, 11) is -1.81. The van der Waals surface area contributed by atoms with E-state index in [9.17, 15) is 13.2 Å². The number of hydrogen-bond donors (Lipinski definition) is 2. The Morgan fingerprint density at radius 1 is 1.20 bits per heavy atom. The summed E-state index contributed by atoms with van der Waals surface area (Å²) in [4.78, 5) is 12.8. The number of carbonyl (C=O) groups excluding carboxylic acids is 1. The zero-order valence-corrected chi connectivity index (χ0v) is 18.2. The first-order valence-electron chi connectivity index (χ1n) is 9.73. The van der Waals surface area contributed by atoms with Crippen molar-refractivity contribution in [2.45, 2.75) is 24.3 Å². The van der Waals surface area contributed by atoms with Gasteiger partial charge in [-0.2, -0.15) is 9.40 Å². The SMILES string of the molecule is Cn1c(CNC(=O)C2CCN(S(=O)(=O)c3ccc4ccccc4c3)CC2)n[nH]c1=S. The van der Waals surface area contributed by atoms with E-state index in [1.54, 1.807) is 23.7 Å². The molecule has 2 aromatic carbocycles. The first-order chi connectivity index (χ1) is 14.4. The topological polar surface area (TPSA) is 100 Å². The van der Waals surface area contributed by atoms with Crippen molar-refractivity contribution in [2.24, 2.45) is 13.0 Å². The van der Waals surface area contributed by atoms with Gasteiger partial charge in [-0.25, -0.2) is 8.42 Å².